The zero-order chi connectivity index (χ0) is 13.1. The van der Waals surface area contributed by atoms with Gasteiger partial charge in [-0.3, -0.25) is 0 Å². The summed E-state index contributed by atoms with van der Waals surface area (Å²) >= 11 is 0. The summed E-state index contributed by atoms with van der Waals surface area (Å²) in [6.45, 7) is 2.13. The summed E-state index contributed by atoms with van der Waals surface area (Å²) in [5, 5.41) is 9.14. The van der Waals surface area contributed by atoms with Crippen molar-refractivity contribution in [1.82, 2.24) is 4.98 Å². The summed E-state index contributed by atoms with van der Waals surface area (Å²) in [5.41, 5.74) is 8.69. The predicted octanol–water partition coefficient (Wildman–Crippen LogP) is 2.91. The van der Waals surface area contributed by atoms with Gasteiger partial charge in [-0.15, -0.1) is 0 Å². The van der Waals surface area contributed by atoms with E-state index in [4.69, 9.17) is 10.8 Å². The van der Waals surface area contributed by atoms with Crippen molar-refractivity contribution in [3.63, 3.8) is 0 Å². The molecular formula is C14H16N2O2. The Morgan fingerprint density at radius 2 is 2.00 bits per heavy atom. The van der Waals surface area contributed by atoms with Crippen molar-refractivity contribution in [2.24, 2.45) is 0 Å². The number of carboxylic acid groups (broad SMARTS) is 1. The molecule has 2 rings (SSSR count). The largest absolute Gasteiger partial charge is 0.478 e. The number of carboxylic acids is 1. The number of hydrogen-bond donors (Lipinski definition) is 3. The Balaban J connectivity index is 2.40. The lowest BCUT2D eigenvalue weighted by Gasteiger charge is -2.03. The first kappa shape index (κ1) is 12.2. The number of aromatic amines is 1. The van der Waals surface area contributed by atoms with Crippen LogP contribution < -0.4 is 5.73 Å². The smallest absolute Gasteiger partial charge is 0.340 e. The number of nitrogens with one attached hydrogen (secondary N) is 1. The van der Waals surface area contributed by atoms with Gasteiger partial charge in [-0.25, -0.2) is 4.79 Å². The van der Waals surface area contributed by atoms with Gasteiger partial charge in [-0.05, 0) is 17.5 Å². The average Bonchev–Trinajstić information content (AvgIpc) is 2.73. The molecule has 0 fully saturated rings. The molecule has 0 spiro atoms. The Bertz CT molecular complexity index is 556. The van der Waals surface area contributed by atoms with Crippen LogP contribution in [0, 0.1) is 0 Å². The molecule has 0 unspecified atom stereocenters. The molecule has 0 amide bonds. The highest BCUT2D eigenvalue weighted by Gasteiger charge is 2.17. The molecule has 4 heteroatoms. The minimum atomic E-state index is -1.01. The maximum Gasteiger partial charge on any atom is 0.340 e. The van der Waals surface area contributed by atoms with Crippen molar-refractivity contribution in [2.45, 2.75) is 19.8 Å². The fourth-order valence-corrected chi connectivity index (χ4v) is 2.02. The zero-order valence-corrected chi connectivity index (χ0v) is 10.2. The maximum absolute atomic E-state index is 11.1. The third-order valence-corrected chi connectivity index (χ3v) is 2.91. The summed E-state index contributed by atoms with van der Waals surface area (Å²) < 4.78 is 0. The molecule has 0 atom stereocenters. The molecule has 18 heavy (non-hydrogen) atoms. The first-order valence-corrected chi connectivity index (χ1v) is 5.93. The lowest BCUT2D eigenvalue weighted by Crippen LogP contribution is -2.01. The molecule has 1 aromatic carbocycles. The van der Waals surface area contributed by atoms with Crippen LogP contribution in [0.25, 0.3) is 11.3 Å². The van der Waals surface area contributed by atoms with Gasteiger partial charge < -0.3 is 15.8 Å². The van der Waals surface area contributed by atoms with Crippen LogP contribution in [0.3, 0.4) is 0 Å². The van der Waals surface area contributed by atoms with Gasteiger partial charge in [0, 0.05) is 6.20 Å². The summed E-state index contributed by atoms with van der Waals surface area (Å²) in [7, 11) is 0. The van der Waals surface area contributed by atoms with Crippen molar-refractivity contribution in [2.75, 3.05) is 5.73 Å². The van der Waals surface area contributed by atoms with Crippen molar-refractivity contribution in [3.8, 4) is 11.3 Å². The van der Waals surface area contributed by atoms with Gasteiger partial charge in [0.1, 0.15) is 5.56 Å². The summed E-state index contributed by atoms with van der Waals surface area (Å²) in [4.78, 5) is 14.1. The second-order valence-electron chi connectivity index (χ2n) is 4.25. The number of carbonyl (C=O) groups is 1. The van der Waals surface area contributed by atoms with E-state index >= 15 is 0 Å². The molecule has 0 bridgehead atoms. The number of nitrogens with two attached hydrogens (primary N) is 1. The Morgan fingerprint density at radius 1 is 1.33 bits per heavy atom. The number of anilines is 1. The van der Waals surface area contributed by atoms with Gasteiger partial charge in [-0.1, -0.05) is 37.6 Å². The highest BCUT2D eigenvalue weighted by molar-refractivity contribution is 6.00. The van der Waals surface area contributed by atoms with E-state index in [0.29, 0.717) is 5.69 Å². The van der Waals surface area contributed by atoms with E-state index < -0.39 is 5.97 Å². The number of H-pyrrole nitrogens is 1. The highest BCUT2D eigenvalue weighted by atomic mass is 16.4. The topological polar surface area (TPSA) is 79.1 Å². The van der Waals surface area contributed by atoms with Crippen LogP contribution in [0.4, 0.5) is 5.69 Å². The van der Waals surface area contributed by atoms with Gasteiger partial charge in [0.25, 0.3) is 0 Å². The Hall–Kier alpha value is -2.23. The molecular weight excluding hydrogens is 228 g/mol. The van der Waals surface area contributed by atoms with E-state index in [1.54, 1.807) is 0 Å². The van der Waals surface area contributed by atoms with Crippen LogP contribution in [0.1, 0.15) is 29.3 Å². The molecule has 4 nitrogen and oxygen atoms in total. The van der Waals surface area contributed by atoms with E-state index in [1.165, 1.54) is 11.8 Å². The SMILES string of the molecule is CCCc1ccc(-c2[nH]cc(N)c2C(=O)O)cc1. The second kappa shape index (κ2) is 4.96. The number of aromatic carboxylic acids is 1. The third kappa shape index (κ3) is 2.22. The standard InChI is InChI=1S/C14H16N2O2/c1-2-3-9-4-6-10(7-5-9)13-12(14(17)18)11(15)8-16-13/h4-8,16H,2-3,15H2,1H3,(H,17,18). The number of benzene rings is 1. The molecule has 0 radical (unpaired) electrons. The van der Waals surface area contributed by atoms with Crippen LogP contribution in [0.5, 0.6) is 0 Å². The van der Waals surface area contributed by atoms with E-state index in [2.05, 4.69) is 11.9 Å². The first-order valence-electron chi connectivity index (χ1n) is 5.93. The predicted molar refractivity (Wildman–Crippen MR) is 71.6 cm³/mol. The van der Waals surface area contributed by atoms with Crippen LogP contribution >= 0.6 is 0 Å². The fourth-order valence-electron chi connectivity index (χ4n) is 2.02. The van der Waals surface area contributed by atoms with E-state index in [9.17, 15) is 4.79 Å². The van der Waals surface area contributed by atoms with Gasteiger partial charge in [-0.2, -0.15) is 0 Å². The molecule has 0 aliphatic rings. The normalized spacial score (nSPS) is 10.5. The number of aryl methyl sites for hydroxylation is 1. The van der Waals surface area contributed by atoms with E-state index in [-0.39, 0.29) is 11.3 Å². The summed E-state index contributed by atoms with van der Waals surface area (Å²) in [5.74, 6) is -1.01. The number of rotatable bonds is 4. The van der Waals surface area contributed by atoms with Crippen molar-refractivity contribution in [3.05, 3.63) is 41.6 Å². The molecule has 4 N–H and O–H groups in total. The lowest BCUT2D eigenvalue weighted by atomic mass is 10.0. The zero-order valence-electron chi connectivity index (χ0n) is 10.2. The highest BCUT2D eigenvalue weighted by Crippen LogP contribution is 2.27. The quantitative estimate of drug-likeness (QED) is 0.773. The van der Waals surface area contributed by atoms with Crippen molar-refractivity contribution < 1.29 is 9.90 Å². The maximum atomic E-state index is 11.1. The van der Waals surface area contributed by atoms with Gasteiger partial charge >= 0.3 is 5.97 Å². The number of nitrogen functional groups attached to an aromatic ring is 1. The minimum absolute atomic E-state index is 0.137. The molecule has 1 heterocycles. The van der Waals surface area contributed by atoms with Crippen LogP contribution in [-0.4, -0.2) is 16.1 Å². The molecule has 2 aromatic rings. The van der Waals surface area contributed by atoms with Crippen LogP contribution in [0.2, 0.25) is 0 Å². The molecule has 94 valence electrons. The molecule has 0 aliphatic carbocycles. The summed E-state index contributed by atoms with van der Waals surface area (Å²) in [6.07, 6.45) is 3.63. The monoisotopic (exact) mass is 244 g/mol. The molecule has 0 aliphatic heterocycles. The average molecular weight is 244 g/mol. The third-order valence-electron chi connectivity index (χ3n) is 2.91. The fraction of sp³-hybridized carbons (Fsp3) is 0.214. The van der Waals surface area contributed by atoms with Crippen LogP contribution in [-0.2, 0) is 6.42 Å². The second-order valence-corrected chi connectivity index (χ2v) is 4.25. The van der Waals surface area contributed by atoms with E-state index in [0.717, 1.165) is 18.4 Å². The first-order chi connectivity index (χ1) is 8.63. The minimum Gasteiger partial charge on any atom is -0.478 e. The van der Waals surface area contributed by atoms with Gasteiger partial charge in [0.05, 0.1) is 11.4 Å². The number of hydrogen-bond acceptors (Lipinski definition) is 2. The van der Waals surface area contributed by atoms with Crippen LogP contribution in [0.15, 0.2) is 30.5 Å². The Kier molecular flexibility index (Phi) is 3.37. The lowest BCUT2D eigenvalue weighted by molar-refractivity contribution is 0.0699. The molecule has 1 aromatic heterocycles. The summed E-state index contributed by atoms with van der Waals surface area (Å²) in [6, 6.07) is 7.87. The Labute approximate surface area is 105 Å². The molecule has 0 saturated heterocycles. The number of aromatic nitrogens is 1. The van der Waals surface area contributed by atoms with E-state index in [1.807, 2.05) is 24.3 Å². The van der Waals surface area contributed by atoms with Gasteiger partial charge in [0.2, 0.25) is 0 Å². The molecule has 0 saturated carbocycles. The van der Waals surface area contributed by atoms with Crippen molar-refractivity contribution >= 4 is 11.7 Å². The Morgan fingerprint density at radius 3 is 2.56 bits per heavy atom. The van der Waals surface area contributed by atoms with Crippen molar-refractivity contribution in [1.29, 1.82) is 0 Å². The van der Waals surface area contributed by atoms with Gasteiger partial charge in [0.15, 0.2) is 0 Å².